The molecule has 0 amide bonds. The molecule has 0 aliphatic carbocycles. The van der Waals surface area contributed by atoms with Gasteiger partial charge in [-0.3, -0.25) is 0 Å². The number of anilines is 2. The molecule has 7 heteroatoms. The van der Waals surface area contributed by atoms with E-state index in [1.807, 2.05) is 0 Å². The minimum absolute atomic E-state index is 0.117. The van der Waals surface area contributed by atoms with E-state index in [2.05, 4.69) is 9.97 Å². The van der Waals surface area contributed by atoms with Gasteiger partial charge in [0.2, 0.25) is 5.95 Å². The van der Waals surface area contributed by atoms with Gasteiger partial charge in [0.25, 0.3) is 0 Å². The van der Waals surface area contributed by atoms with Gasteiger partial charge in [-0.05, 0) is 19.1 Å². The van der Waals surface area contributed by atoms with Gasteiger partial charge >= 0.3 is 0 Å². The summed E-state index contributed by atoms with van der Waals surface area (Å²) in [7, 11) is 0. The van der Waals surface area contributed by atoms with Crippen molar-refractivity contribution in [3.8, 4) is 5.75 Å². The first-order valence-corrected chi connectivity index (χ1v) is 6.19. The van der Waals surface area contributed by atoms with Crippen LogP contribution in [0.1, 0.15) is 11.3 Å². The van der Waals surface area contributed by atoms with Gasteiger partial charge in [0, 0.05) is 15.6 Å². The third-order valence-corrected chi connectivity index (χ3v) is 3.05. The highest BCUT2D eigenvalue weighted by atomic mass is 35.5. The Kier molecular flexibility index (Phi) is 3.97. The van der Waals surface area contributed by atoms with E-state index in [1.165, 1.54) is 0 Å². The van der Waals surface area contributed by atoms with Crippen LogP contribution in [-0.4, -0.2) is 9.97 Å². The molecule has 0 bridgehead atoms. The molecule has 0 aliphatic rings. The van der Waals surface area contributed by atoms with Crippen LogP contribution in [0, 0.1) is 6.92 Å². The predicted octanol–water partition coefficient (Wildman–Crippen LogP) is 2.84. The van der Waals surface area contributed by atoms with Crippen LogP contribution in [0.2, 0.25) is 10.0 Å². The summed E-state index contributed by atoms with van der Waals surface area (Å²) >= 11 is 11.9. The lowest BCUT2D eigenvalue weighted by molar-refractivity contribution is 0.303. The lowest BCUT2D eigenvalue weighted by atomic mass is 10.2. The predicted molar refractivity (Wildman–Crippen MR) is 76.4 cm³/mol. The Balaban J connectivity index is 2.19. The van der Waals surface area contributed by atoms with Crippen LogP contribution in [0.15, 0.2) is 18.2 Å². The van der Waals surface area contributed by atoms with E-state index in [4.69, 9.17) is 39.4 Å². The monoisotopic (exact) mass is 298 g/mol. The molecular weight excluding hydrogens is 287 g/mol. The summed E-state index contributed by atoms with van der Waals surface area (Å²) in [4.78, 5) is 7.84. The summed E-state index contributed by atoms with van der Waals surface area (Å²) < 4.78 is 5.60. The Hall–Kier alpha value is -1.72. The first kappa shape index (κ1) is 13.7. The topological polar surface area (TPSA) is 87.0 Å². The molecule has 0 aliphatic heterocycles. The molecule has 1 aromatic carbocycles. The number of aryl methyl sites for hydroxylation is 1. The summed E-state index contributed by atoms with van der Waals surface area (Å²) in [6.45, 7) is 1.99. The number of benzene rings is 1. The number of rotatable bonds is 3. The molecule has 0 spiro atoms. The molecule has 2 aromatic rings. The average Bonchev–Trinajstić information content (AvgIpc) is 2.30. The molecule has 4 N–H and O–H groups in total. The zero-order valence-corrected chi connectivity index (χ0v) is 11.7. The van der Waals surface area contributed by atoms with Gasteiger partial charge in [0.15, 0.2) is 11.6 Å². The fourth-order valence-electron chi connectivity index (χ4n) is 1.57. The van der Waals surface area contributed by atoms with E-state index in [0.717, 1.165) is 5.56 Å². The van der Waals surface area contributed by atoms with Gasteiger partial charge in [-0.1, -0.05) is 29.3 Å². The summed E-state index contributed by atoms with van der Waals surface area (Å²) in [5.41, 5.74) is 12.6. The zero-order chi connectivity index (χ0) is 14.0. The van der Waals surface area contributed by atoms with E-state index < -0.39 is 0 Å². The molecule has 0 radical (unpaired) electrons. The second-order valence-electron chi connectivity index (χ2n) is 3.91. The fourth-order valence-corrected chi connectivity index (χ4v) is 2.04. The Bertz CT molecular complexity index is 596. The van der Waals surface area contributed by atoms with E-state index >= 15 is 0 Å². The third-order valence-electron chi connectivity index (χ3n) is 2.47. The number of halogens is 2. The van der Waals surface area contributed by atoms with Gasteiger partial charge in [0.1, 0.15) is 6.61 Å². The smallest absolute Gasteiger partial charge is 0.222 e. The maximum absolute atomic E-state index is 6.05. The highest BCUT2D eigenvalue weighted by Crippen LogP contribution is 2.26. The first-order valence-electron chi connectivity index (χ1n) is 5.43. The Morgan fingerprint density at radius 2 is 1.95 bits per heavy atom. The van der Waals surface area contributed by atoms with Gasteiger partial charge in [0.05, 0.1) is 5.69 Å². The molecule has 2 rings (SSSR count). The van der Waals surface area contributed by atoms with Gasteiger partial charge in [-0.25, -0.2) is 4.98 Å². The number of aromatic nitrogens is 2. The second-order valence-corrected chi connectivity index (χ2v) is 4.75. The van der Waals surface area contributed by atoms with Crippen LogP contribution >= 0.6 is 23.2 Å². The number of ether oxygens (including phenoxy) is 1. The third kappa shape index (κ3) is 3.19. The van der Waals surface area contributed by atoms with Crippen molar-refractivity contribution >= 4 is 35.0 Å². The molecule has 0 saturated heterocycles. The van der Waals surface area contributed by atoms with E-state index in [-0.39, 0.29) is 18.4 Å². The summed E-state index contributed by atoms with van der Waals surface area (Å²) in [5.74, 6) is 0.724. The Morgan fingerprint density at radius 3 is 2.58 bits per heavy atom. The highest BCUT2D eigenvalue weighted by molar-refractivity contribution is 6.35. The minimum Gasteiger partial charge on any atom is -0.483 e. The lowest BCUT2D eigenvalue weighted by Gasteiger charge is -2.11. The lowest BCUT2D eigenvalue weighted by Crippen LogP contribution is -2.07. The van der Waals surface area contributed by atoms with Gasteiger partial charge in [-0.15, -0.1) is 0 Å². The number of nitrogens with two attached hydrogens (primary N) is 2. The van der Waals surface area contributed by atoms with Crippen molar-refractivity contribution in [1.29, 1.82) is 0 Å². The van der Waals surface area contributed by atoms with Crippen molar-refractivity contribution in [2.24, 2.45) is 0 Å². The van der Waals surface area contributed by atoms with E-state index in [1.54, 1.807) is 25.1 Å². The number of nitrogen functional groups attached to an aromatic ring is 2. The van der Waals surface area contributed by atoms with Crippen molar-refractivity contribution < 1.29 is 4.74 Å². The summed E-state index contributed by atoms with van der Waals surface area (Å²) in [6, 6.07) is 5.17. The van der Waals surface area contributed by atoms with Gasteiger partial charge < -0.3 is 16.2 Å². The average molecular weight is 299 g/mol. The van der Waals surface area contributed by atoms with Crippen molar-refractivity contribution in [3.63, 3.8) is 0 Å². The SMILES string of the molecule is Cc1nc(N)nc(N)c1OCc1ccc(Cl)cc1Cl. The quantitative estimate of drug-likeness (QED) is 0.910. The van der Waals surface area contributed by atoms with Crippen LogP contribution in [0.4, 0.5) is 11.8 Å². The zero-order valence-electron chi connectivity index (χ0n) is 10.2. The molecule has 1 heterocycles. The maximum Gasteiger partial charge on any atom is 0.222 e. The standard InChI is InChI=1S/C12H12Cl2N4O/c1-6-10(11(15)18-12(16)17-6)19-5-7-2-3-8(13)4-9(7)14/h2-4H,5H2,1H3,(H4,15,16,17,18). The number of hydrogen-bond donors (Lipinski definition) is 2. The van der Waals surface area contributed by atoms with Crippen molar-refractivity contribution in [1.82, 2.24) is 9.97 Å². The Labute approximate surface area is 120 Å². The normalized spacial score (nSPS) is 10.5. The van der Waals surface area contributed by atoms with Crippen LogP contribution in [-0.2, 0) is 6.61 Å². The highest BCUT2D eigenvalue weighted by Gasteiger charge is 2.10. The molecular formula is C12H12Cl2N4O. The molecule has 100 valence electrons. The molecule has 0 unspecified atom stereocenters. The molecule has 0 atom stereocenters. The van der Waals surface area contributed by atoms with E-state index in [9.17, 15) is 0 Å². The second kappa shape index (κ2) is 5.50. The minimum atomic E-state index is 0.117. The van der Waals surface area contributed by atoms with Crippen molar-refractivity contribution in [2.45, 2.75) is 13.5 Å². The van der Waals surface area contributed by atoms with Crippen LogP contribution in [0.25, 0.3) is 0 Å². The molecule has 0 fully saturated rings. The fraction of sp³-hybridized carbons (Fsp3) is 0.167. The number of nitrogens with zero attached hydrogens (tertiary/aromatic N) is 2. The maximum atomic E-state index is 6.05. The van der Waals surface area contributed by atoms with Crippen LogP contribution in [0.3, 0.4) is 0 Å². The molecule has 1 aromatic heterocycles. The summed E-state index contributed by atoms with van der Waals surface area (Å²) in [6.07, 6.45) is 0. The summed E-state index contributed by atoms with van der Waals surface area (Å²) in [5, 5.41) is 1.10. The molecule has 0 saturated carbocycles. The van der Waals surface area contributed by atoms with Crippen molar-refractivity contribution in [2.75, 3.05) is 11.5 Å². The van der Waals surface area contributed by atoms with E-state index in [0.29, 0.717) is 21.5 Å². The largest absolute Gasteiger partial charge is 0.483 e. The van der Waals surface area contributed by atoms with Crippen molar-refractivity contribution in [3.05, 3.63) is 39.5 Å². The Morgan fingerprint density at radius 1 is 1.21 bits per heavy atom. The number of hydrogen-bond acceptors (Lipinski definition) is 5. The van der Waals surface area contributed by atoms with Gasteiger partial charge in [-0.2, -0.15) is 4.98 Å². The first-order chi connectivity index (χ1) is 8.97. The molecule has 19 heavy (non-hydrogen) atoms. The van der Waals surface area contributed by atoms with Crippen LogP contribution < -0.4 is 16.2 Å². The molecule has 5 nitrogen and oxygen atoms in total. The van der Waals surface area contributed by atoms with Crippen LogP contribution in [0.5, 0.6) is 5.75 Å².